The number of ether oxygens (including phenoxy) is 1. The fourth-order valence-corrected chi connectivity index (χ4v) is 21.5. The van der Waals surface area contributed by atoms with Gasteiger partial charge in [-0.3, -0.25) is 10.2 Å². The first-order chi connectivity index (χ1) is 44.4. The van der Waals surface area contributed by atoms with Crippen LogP contribution in [-0.4, -0.2) is 142 Å². The van der Waals surface area contributed by atoms with Gasteiger partial charge in [0, 0.05) is 98.2 Å². The van der Waals surface area contributed by atoms with Gasteiger partial charge in [0.15, 0.2) is 44.4 Å². The van der Waals surface area contributed by atoms with Crippen LogP contribution in [0, 0.1) is 24.2 Å². The van der Waals surface area contributed by atoms with Gasteiger partial charge in [-0.1, -0.05) is 93.0 Å². The van der Waals surface area contributed by atoms with E-state index in [9.17, 15) is 10.2 Å². The number of nitrogens with one attached hydrogen (secondary N) is 4. The molecule has 2 aromatic carbocycles. The Labute approximate surface area is 553 Å². The van der Waals surface area contributed by atoms with Gasteiger partial charge in [-0.15, -0.1) is 11.3 Å². The second kappa shape index (κ2) is 24.4. The van der Waals surface area contributed by atoms with Gasteiger partial charge in [-0.05, 0) is 131 Å². The Morgan fingerprint density at radius 2 is 1.14 bits per heavy atom. The van der Waals surface area contributed by atoms with E-state index in [1.807, 2.05) is 43.7 Å². The Bertz CT molecular complexity index is 4430. The van der Waals surface area contributed by atoms with Crippen molar-refractivity contribution in [3.8, 4) is 81.8 Å². The van der Waals surface area contributed by atoms with E-state index in [-0.39, 0.29) is 11.5 Å². The summed E-state index contributed by atoms with van der Waals surface area (Å²) in [6.45, 7) is 6.46. The Balaban J connectivity index is 0.000000109. The van der Waals surface area contributed by atoms with Gasteiger partial charge in [0.25, 0.3) is 0 Å². The minimum absolute atomic E-state index is 0.132. The molecule has 18 rings (SSSR count). The molecule has 2 saturated carbocycles. The molecule has 91 heavy (non-hydrogen) atoms. The van der Waals surface area contributed by atoms with Crippen LogP contribution in [-0.2, 0) is 0 Å². The van der Waals surface area contributed by atoms with Crippen molar-refractivity contribution in [1.82, 2.24) is 70.9 Å². The smallest absolute Gasteiger partial charge is 0.188 e. The molecule has 0 radical (unpaired) electrons. The molecule has 6 N–H and O–H groups in total. The van der Waals surface area contributed by atoms with E-state index < -0.39 is 0 Å². The molecule has 4 bridgehead atoms. The summed E-state index contributed by atoms with van der Waals surface area (Å²) in [6.07, 6.45) is 25.4. The number of phenols is 1. The van der Waals surface area contributed by atoms with Gasteiger partial charge in [0.05, 0.1) is 40.5 Å². The van der Waals surface area contributed by atoms with Crippen molar-refractivity contribution in [3.05, 3.63) is 84.7 Å². The summed E-state index contributed by atoms with van der Waals surface area (Å²) in [5.74, 6) is 3.14. The predicted molar refractivity (Wildman–Crippen MR) is 371 cm³/mol. The summed E-state index contributed by atoms with van der Waals surface area (Å²) in [4.78, 5) is 51.7. The fraction of sp³-hybridized carbons (Fsp3) is 0.406. The van der Waals surface area contributed by atoms with E-state index in [0.717, 1.165) is 147 Å². The quantitative estimate of drug-likeness (QED) is 0.0666. The van der Waals surface area contributed by atoms with E-state index in [1.54, 1.807) is 106 Å². The topological polar surface area (TPSA) is 244 Å². The Morgan fingerprint density at radius 3 is 1.74 bits per heavy atom. The van der Waals surface area contributed by atoms with Crippen molar-refractivity contribution in [2.24, 2.45) is 17.3 Å². The number of H-pyrrole nitrogens is 2. The first kappa shape index (κ1) is 59.0. The highest BCUT2D eigenvalue weighted by Crippen LogP contribution is 2.56. The molecule has 4 aliphatic heterocycles. The van der Waals surface area contributed by atoms with Crippen LogP contribution in [0.2, 0.25) is 0 Å². The van der Waals surface area contributed by atoms with E-state index in [0.29, 0.717) is 40.3 Å². The van der Waals surface area contributed by atoms with Gasteiger partial charge < -0.3 is 40.3 Å². The van der Waals surface area contributed by atoms with Gasteiger partial charge in [-0.25, -0.2) is 39.9 Å². The first-order valence-corrected chi connectivity index (χ1v) is 36.7. The van der Waals surface area contributed by atoms with Crippen LogP contribution < -0.4 is 30.1 Å². The van der Waals surface area contributed by atoms with Crippen LogP contribution in [0.1, 0.15) is 75.6 Å². The number of hydrogen-bond acceptors (Lipinski definition) is 25. The largest absolute Gasteiger partial charge is 0.507 e. The third kappa shape index (κ3) is 11.8. The maximum absolute atomic E-state index is 10.6. The number of aromatic hydroxyl groups is 2. The average Bonchev–Trinajstić information content (AvgIpc) is 1.75. The summed E-state index contributed by atoms with van der Waals surface area (Å²) in [5, 5.41) is 48.6. The highest BCUT2D eigenvalue weighted by Gasteiger charge is 2.51. The number of nitrogens with zero attached hydrogens (tertiary/aromatic N) is 13. The highest BCUT2D eigenvalue weighted by molar-refractivity contribution is 7.31. The number of benzene rings is 2. The van der Waals surface area contributed by atoms with Crippen molar-refractivity contribution in [1.29, 1.82) is 0 Å². The minimum atomic E-state index is 0.132. The fourth-order valence-electron chi connectivity index (χ4n) is 14.5. The average molecular weight is 1350 g/mol. The van der Waals surface area contributed by atoms with Gasteiger partial charge in [-0.2, -0.15) is 10.2 Å². The molecule has 27 heteroatoms. The number of thiazole rings is 7. The molecule has 5 atom stereocenters. The van der Waals surface area contributed by atoms with Gasteiger partial charge >= 0.3 is 0 Å². The number of aromatic amines is 2. The normalized spacial score (nSPS) is 20.9. The van der Waals surface area contributed by atoms with Crippen LogP contribution >= 0.6 is 79.4 Å². The van der Waals surface area contributed by atoms with E-state index in [2.05, 4.69) is 81.9 Å². The number of fused-ring (bicyclic) bond motifs is 7. The summed E-state index contributed by atoms with van der Waals surface area (Å²) in [5.41, 5.74) is 7.64. The molecule has 0 amide bonds. The maximum Gasteiger partial charge on any atom is 0.188 e. The molecule has 468 valence electrons. The highest BCUT2D eigenvalue weighted by atomic mass is 32.1. The summed E-state index contributed by atoms with van der Waals surface area (Å²) >= 11 is 11.2. The summed E-state index contributed by atoms with van der Waals surface area (Å²) < 4.78 is 5.66. The molecular formula is C64H67N17O3S7. The molecule has 2 aliphatic carbocycles. The van der Waals surface area contributed by atoms with E-state index >= 15 is 0 Å². The van der Waals surface area contributed by atoms with Crippen molar-refractivity contribution >= 4 is 124 Å². The SMILES string of the molecule is COc1cc(-c2cn[nH]c2)ccc1-c1nc2sc(N(C)C3CCNCC3)nc2s1.Cc1ncc(-c2cnc(-c3nc4sc(N(C)C5C[C@H]6CC[C@@H](C5)N6)nc4s3)c(O)c2)s1.Oc1cc(-c2cn[nH]c2)ccc1-c1nc2sc(N3CC4(CC5CCC(C5)C4)C3)nc2s1. The number of aryl methyl sites for hydroxylation is 1. The molecule has 4 saturated heterocycles. The van der Waals surface area contributed by atoms with Crippen molar-refractivity contribution in [3.63, 3.8) is 0 Å². The lowest BCUT2D eigenvalue weighted by Gasteiger charge is -2.54. The summed E-state index contributed by atoms with van der Waals surface area (Å²) in [7, 11) is 6.00. The second-order valence-corrected chi connectivity index (χ2v) is 32.1. The monoisotopic (exact) mass is 1350 g/mol. The molecule has 14 heterocycles. The van der Waals surface area contributed by atoms with Crippen molar-refractivity contribution in [2.75, 3.05) is 62.1 Å². The zero-order valence-corrected chi connectivity index (χ0v) is 56.3. The third-order valence-electron chi connectivity index (χ3n) is 19.1. The Hall–Kier alpha value is -7.08. The molecule has 10 aromatic heterocycles. The van der Waals surface area contributed by atoms with Gasteiger partial charge in [0.2, 0.25) is 0 Å². The van der Waals surface area contributed by atoms with E-state index in [1.165, 1.54) is 82.2 Å². The maximum atomic E-state index is 10.6. The zero-order valence-electron chi connectivity index (χ0n) is 50.6. The Morgan fingerprint density at radius 1 is 0.560 bits per heavy atom. The molecule has 1 spiro atoms. The van der Waals surface area contributed by atoms with Crippen LogP contribution in [0.15, 0.2) is 79.6 Å². The van der Waals surface area contributed by atoms with Crippen LogP contribution in [0.3, 0.4) is 0 Å². The van der Waals surface area contributed by atoms with Crippen LogP contribution in [0.25, 0.3) is 93.5 Å². The molecule has 20 nitrogen and oxygen atoms in total. The van der Waals surface area contributed by atoms with Crippen molar-refractivity contribution in [2.45, 2.75) is 102 Å². The lowest BCUT2D eigenvalue weighted by Crippen LogP contribution is -2.58. The Kier molecular flexibility index (Phi) is 15.8. The molecule has 6 fully saturated rings. The van der Waals surface area contributed by atoms with Crippen LogP contribution in [0.5, 0.6) is 17.2 Å². The lowest BCUT2D eigenvalue weighted by molar-refractivity contribution is 0.0929. The molecule has 6 aliphatic rings. The van der Waals surface area contributed by atoms with E-state index in [4.69, 9.17) is 34.6 Å². The molecule has 3 unspecified atom stereocenters. The minimum Gasteiger partial charge on any atom is -0.507 e. The first-order valence-electron chi connectivity index (χ1n) is 31.0. The molecular weight excluding hydrogens is 1280 g/mol. The predicted octanol–water partition coefficient (Wildman–Crippen LogP) is 14.2. The third-order valence-corrected chi connectivity index (χ3v) is 26.4. The number of pyridine rings is 1. The number of piperidine rings is 2. The molecule has 12 aromatic rings. The van der Waals surface area contributed by atoms with Crippen LogP contribution in [0.4, 0.5) is 15.4 Å². The lowest BCUT2D eigenvalue weighted by atomic mass is 9.65. The standard InChI is InChI=1S/C23H23N5OS2.C21H22N6OS3.C20H22N6OS2/c29-18-6-15(16-9-24-25-10-16)3-4-17(18)19-26-20-21(30-19)27-22(31-20)28-11-23(12-28)7-13-1-2-14(5-13)8-23;1-10-22-9-16(29-10)11-5-15(28)17(23-8-11)18-25-19-20(30-18)26-21(31-19)27(2)14-6-12-3-4-13(7-14)24-12;1-26(14-5-7-21-8-6-14)20-25-19-18(29-20)24-17(28-19)15-4-3-12(9-16(15)27-2)13-10-22-23-11-13/h3-4,6,9-10,13-14,29H,1-2,5,7-8,11-12H2,(H,24,25);5,8-9,12-14,24,28H,3-4,6-7H2,1-2H3;3-4,9-11,14,21H,5-8H2,1-2H3,(H,22,23)/t;12-,13+,14?;. The number of phenolic OH excluding ortho intramolecular Hbond substituents is 1. The number of anilines is 3. The number of rotatable bonds is 12. The number of hydrogen-bond donors (Lipinski definition) is 6. The van der Waals surface area contributed by atoms with Crippen molar-refractivity contribution < 1.29 is 14.9 Å². The second-order valence-electron chi connectivity index (χ2n) is 25.1. The number of methoxy groups -OCH3 is 1. The number of aromatic nitrogens is 12. The zero-order chi connectivity index (χ0) is 61.5. The van der Waals surface area contributed by atoms with Gasteiger partial charge in [0.1, 0.15) is 38.0 Å². The summed E-state index contributed by atoms with van der Waals surface area (Å²) in [6, 6.07) is 16.0.